The third-order valence-electron chi connectivity index (χ3n) is 5.53. The number of halogens is 1. The number of anilines is 1. The van der Waals surface area contributed by atoms with Gasteiger partial charge in [-0.15, -0.1) is 11.8 Å². The Kier molecular flexibility index (Phi) is 8.38. The lowest BCUT2D eigenvalue weighted by molar-refractivity contribution is 0.146. The van der Waals surface area contributed by atoms with Crippen LogP contribution in [0.1, 0.15) is 29.5 Å². The number of hydrogen-bond donors (Lipinski definition) is 0. The Morgan fingerprint density at radius 2 is 1.89 bits per heavy atom. The molecule has 10 heteroatoms. The molecule has 8 nitrogen and oxygen atoms in total. The molecule has 0 bridgehead atoms. The summed E-state index contributed by atoms with van der Waals surface area (Å²) in [6.07, 6.45) is 6.99. The fourth-order valence-corrected chi connectivity index (χ4v) is 5.02. The maximum Gasteiger partial charge on any atom is 0.148 e. The van der Waals surface area contributed by atoms with Crippen molar-refractivity contribution < 1.29 is 9.47 Å². The largest absolute Gasteiger partial charge is 0.490 e. The van der Waals surface area contributed by atoms with Crippen molar-refractivity contribution in [3.8, 4) is 29.1 Å². The summed E-state index contributed by atoms with van der Waals surface area (Å²) in [5, 5.41) is 21.4. The summed E-state index contributed by atoms with van der Waals surface area (Å²) in [4.78, 5) is 15.6. The van der Waals surface area contributed by atoms with Gasteiger partial charge in [-0.05, 0) is 36.6 Å². The van der Waals surface area contributed by atoms with Crippen LogP contribution in [-0.4, -0.2) is 48.4 Å². The zero-order valence-electron chi connectivity index (χ0n) is 19.2. The Balaban J connectivity index is 1.78. The minimum absolute atomic E-state index is 0.315. The van der Waals surface area contributed by atoms with Gasteiger partial charge < -0.3 is 14.4 Å². The van der Waals surface area contributed by atoms with Crippen LogP contribution in [0.15, 0.2) is 41.8 Å². The highest BCUT2D eigenvalue weighted by Gasteiger charge is 2.27. The monoisotopic (exact) mass is 506 g/mol. The molecule has 3 aromatic heterocycles. The number of pyridine rings is 3. The van der Waals surface area contributed by atoms with E-state index in [0.29, 0.717) is 63.0 Å². The lowest BCUT2D eigenvalue weighted by Gasteiger charge is -2.21. The first kappa shape index (κ1) is 24.7. The van der Waals surface area contributed by atoms with Crippen LogP contribution < -0.4 is 9.64 Å². The molecule has 1 fully saturated rings. The maximum atomic E-state index is 10.2. The van der Waals surface area contributed by atoms with Gasteiger partial charge >= 0.3 is 0 Å². The van der Waals surface area contributed by atoms with E-state index in [-0.39, 0.29) is 0 Å². The maximum absolute atomic E-state index is 10.2. The first-order chi connectivity index (χ1) is 17.2. The lowest BCUT2D eigenvalue weighted by Crippen LogP contribution is -2.21. The second kappa shape index (κ2) is 11.9. The zero-order valence-corrected chi connectivity index (χ0v) is 20.8. The van der Waals surface area contributed by atoms with Gasteiger partial charge in [-0.2, -0.15) is 10.5 Å². The first-order valence-corrected chi connectivity index (χ1v) is 12.4. The molecule has 0 aliphatic carbocycles. The lowest BCUT2D eigenvalue weighted by atomic mass is 10.0. The fourth-order valence-electron chi connectivity index (χ4n) is 3.80. The van der Waals surface area contributed by atoms with Gasteiger partial charge in [-0.1, -0.05) is 11.6 Å². The summed E-state index contributed by atoms with van der Waals surface area (Å²) < 4.78 is 10.6. The van der Waals surface area contributed by atoms with Crippen LogP contribution in [0.2, 0.25) is 5.02 Å². The van der Waals surface area contributed by atoms with Gasteiger partial charge in [-0.3, -0.25) is 9.97 Å². The van der Waals surface area contributed by atoms with E-state index in [4.69, 9.17) is 26.1 Å². The number of nitrogens with zero attached hydrogens (tertiary/aromatic N) is 6. The SMILES string of the molecule is COCCOc1ccc(-c2c(C#N)c(SCc3cnccc3Cl)nc(N3CCCC3)c2C#N)nc1. The fraction of sp³-hybridized carbons (Fsp3) is 0.320. The van der Waals surface area contributed by atoms with Crippen LogP contribution in [0.4, 0.5) is 5.82 Å². The van der Waals surface area contributed by atoms with Crippen molar-refractivity contribution >= 4 is 29.2 Å². The highest BCUT2D eigenvalue weighted by Crippen LogP contribution is 2.39. The number of nitriles is 2. The molecule has 0 unspecified atom stereocenters. The van der Waals surface area contributed by atoms with Crippen molar-refractivity contribution in [1.29, 1.82) is 10.5 Å². The Morgan fingerprint density at radius 1 is 1.09 bits per heavy atom. The Labute approximate surface area is 213 Å². The molecule has 0 saturated carbocycles. The molecule has 0 radical (unpaired) electrons. The first-order valence-electron chi connectivity index (χ1n) is 11.1. The normalized spacial score (nSPS) is 12.9. The number of methoxy groups -OCH3 is 1. The van der Waals surface area contributed by atoms with Gasteiger partial charge in [0.05, 0.1) is 24.1 Å². The van der Waals surface area contributed by atoms with Gasteiger partial charge in [0.15, 0.2) is 0 Å². The third kappa shape index (κ3) is 5.66. The van der Waals surface area contributed by atoms with Crippen molar-refractivity contribution in [3.05, 3.63) is 58.5 Å². The summed E-state index contributed by atoms with van der Waals surface area (Å²) in [5.74, 6) is 1.65. The topological polar surface area (TPSA) is 108 Å². The van der Waals surface area contributed by atoms with E-state index in [1.165, 1.54) is 11.8 Å². The second-order valence-electron chi connectivity index (χ2n) is 7.76. The van der Waals surface area contributed by atoms with E-state index < -0.39 is 0 Å². The molecule has 0 aromatic carbocycles. The Bertz CT molecular complexity index is 1270. The molecule has 35 heavy (non-hydrogen) atoms. The van der Waals surface area contributed by atoms with Crippen molar-refractivity contribution in [2.24, 2.45) is 0 Å². The van der Waals surface area contributed by atoms with Crippen LogP contribution in [0.25, 0.3) is 11.3 Å². The Morgan fingerprint density at radius 3 is 2.54 bits per heavy atom. The van der Waals surface area contributed by atoms with Crippen LogP contribution in [0.5, 0.6) is 5.75 Å². The van der Waals surface area contributed by atoms with Crippen molar-refractivity contribution in [1.82, 2.24) is 15.0 Å². The number of ether oxygens (including phenoxy) is 2. The second-order valence-corrected chi connectivity index (χ2v) is 9.13. The molecule has 3 aromatic rings. The molecule has 0 atom stereocenters. The molecule has 1 saturated heterocycles. The van der Waals surface area contributed by atoms with Crippen LogP contribution in [0, 0.1) is 22.7 Å². The van der Waals surface area contributed by atoms with Gasteiger partial charge in [0.25, 0.3) is 0 Å². The number of thioether (sulfide) groups is 1. The molecule has 178 valence electrons. The van der Waals surface area contributed by atoms with Gasteiger partial charge in [0, 0.05) is 48.9 Å². The number of hydrogen-bond acceptors (Lipinski definition) is 9. The molecule has 4 heterocycles. The molecular weight excluding hydrogens is 484 g/mol. The minimum atomic E-state index is 0.315. The van der Waals surface area contributed by atoms with E-state index in [9.17, 15) is 10.5 Å². The zero-order chi connectivity index (χ0) is 24.6. The predicted molar refractivity (Wildman–Crippen MR) is 135 cm³/mol. The number of rotatable bonds is 9. The summed E-state index contributed by atoms with van der Waals surface area (Å²) in [5.41, 5.74) is 2.51. The standard InChI is InChI=1S/C25H23ClN6O2S/c1-33-10-11-34-18-4-5-22(30-15-18)23-19(12-27)24(32-8-2-3-9-32)31-25(20(23)13-28)35-16-17-14-29-7-6-21(17)26/h4-7,14-15H,2-3,8-11,16H2,1H3. The minimum Gasteiger partial charge on any atom is -0.490 e. The Hall–Kier alpha value is -3.37. The molecule has 0 spiro atoms. The molecule has 1 aliphatic heterocycles. The smallest absolute Gasteiger partial charge is 0.148 e. The van der Waals surface area contributed by atoms with Crippen molar-refractivity contribution in [2.45, 2.75) is 23.6 Å². The van der Waals surface area contributed by atoms with E-state index in [2.05, 4.69) is 27.0 Å². The van der Waals surface area contributed by atoms with Gasteiger partial charge in [0.1, 0.15) is 40.9 Å². The quantitative estimate of drug-likeness (QED) is 0.297. The summed E-state index contributed by atoms with van der Waals surface area (Å²) in [7, 11) is 1.61. The van der Waals surface area contributed by atoms with Crippen LogP contribution in [0.3, 0.4) is 0 Å². The van der Waals surface area contributed by atoms with Crippen molar-refractivity contribution in [2.75, 3.05) is 38.3 Å². The average molecular weight is 507 g/mol. The molecular formula is C25H23ClN6O2S. The average Bonchev–Trinajstić information content (AvgIpc) is 3.43. The van der Waals surface area contributed by atoms with Gasteiger partial charge in [-0.25, -0.2) is 4.98 Å². The molecule has 0 N–H and O–H groups in total. The highest BCUT2D eigenvalue weighted by molar-refractivity contribution is 7.98. The van der Waals surface area contributed by atoms with E-state index >= 15 is 0 Å². The van der Waals surface area contributed by atoms with E-state index in [0.717, 1.165) is 31.5 Å². The van der Waals surface area contributed by atoms with Crippen LogP contribution in [-0.2, 0) is 10.5 Å². The summed E-state index contributed by atoms with van der Waals surface area (Å²) in [6, 6.07) is 9.84. The summed E-state index contributed by atoms with van der Waals surface area (Å²) >= 11 is 7.71. The molecule has 4 rings (SSSR count). The van der Waals surface area contributed by atoms with E-state index in [1.807, 2.05) is 0 Å². The van der Waals surface area contributed by atoms with Gasteiger partial charge in [0.2, 0.25) is 0 Å². The van der Waals surface area contributed by atoms with Crippen LogP contribution >= 0.6 is 23.4 Å². The van der Waals surface area contributed by atoms with Crippen molar-refractivity contribution in [3.63, 3.8) is 0 Å². The van der Waals surface area contributed by atoms with E-state index in [1.54, 1.807) is 43.9 Å². The molecule has 0 amide bonds. The highest BCUT2D eigenvalue weighted by atomic mass is 35.5. The summed E-state index contributed by atoms with van der Waals surface area (Å²) in [6.45, 7) is 2.48. The molecule has 1 aliphatic rings. The third-order valence-corrected chi connectivity index (χ3v) is 6.92. The number of aromatic nitrogens is 3. The predicted octanol–water partition coefficient (Wildman–Crippen LogP) is 4.85.